The molecule has 2 N–H and O–H groups in total. The van der Waals surface area contributed by atoms with Gasteiger partial charge >= 0.3 is 0 Å². The zero-order valence-electron chi connectivity index (χ0n) is 12.5. The van der Waals surface area contributed by atoms with Gasteiger partial charge in [-0.15, -0.1) is 0 Å². The van der Waals surface area contributed by atoms with Gasteiger partial charge in [0.25, 0.3) is 0 Å². The highest BCUT2D eigenvalue weighted by molar-refractivity contribution is 6.30. The van der Waals surface area contributed by atoms with Gasteiger partial charge in [0.05, 0.1) is 12.2 Å². The SMILES string of the molecule is CCOC(C)(CC)C(N)Cc1cc(Cl)cc2c1OCC2. The number of rotatable bonds is 6. The molecule has 0 spiro atoms. The Labute approximate surface area is 126 Å². The zero-order valence-corrected chi connectivity index (χ0v) is 13.3. The third kappa shape index (κ3) is 3.11. The summed E-state index contributed by atoms with van der Waals surface area (Å²) in [6.07, 6.45) is 2.52. The first kappa shape index (κ1) is 15.6. The van der Waals surface area contributed by atoms with Crippen LogP contribution in [-0.2, 0) is 17.6 Å². The third-order valence-corrected chi connectivity index (χ3v) is 4.44. The largest absolute Gasteiger partial charge is 0.493 e. The van der Waals surface area contributed by atoms with E-state index in [4.69, 9.17) is 26.8 Å². The smallest absolute Gasteiger partial charge is 0.125 e. The summed E-state index contributed by atoms with van der Waals surface area (Å²) in [7, 11) is 0. The molecule has 20 heavy (non-hydrogen) atoms. The van der Waals surface area contributed by atoms with Crippen LogP contribution in [0.5, 0.6) is 5.75 Å². The molecule has 1 aromatic carbocycles. The number of fused-ring (bicyclic) bond motifs is 1. The van der Waals surface area contributed by atoms with Crippen molar-refractivity contribution < 1.29 is 9.47 Å². The van der Waals surface area contributed by atoms with Crippen molar-refractivity contribution in [1.82, 2.24) is 0 Å². The highest BCUT2D eigenvalue weighted by atomic mass is 35.5. The van der Waals surface area contributed by atoms with Crippen LogP contribution in [0.3, 0.4) is 0 Å². The van der Waals surface area contributed by atoms with Crippen molar-refractivity contribution in [3.63, 3.8) is 0 Å². The average Bonchev–Trinajstić information content (AvgIpc) is 2.86. The number of ether oxygens (including phenoxy) is 2. The van der Waals surface area contributed by atoms with Crippen LogP contribution < -0.4 is 10.5 Å². The lowest BCUT2D eigenvalue weighted by atomic mass is 9.88. The van der Waals surface area contributed by atoms with E-state index in [9.17, 15) is 0 Å². The molecule has 0 bridgehead atoms. The van der Waals surface area contributed by atoms with Gasteiger partial charge in [-0.1, -0.05) is 18.5 Å². The number of hydrogen-bond donors (Lipinski definition) is 1. The fraction of sp³-hybridized carbons (Fsp3) is 0.625. The molecule has 3 nitrogen and oxygen atoms in total. The topological polar surface area (TPSA) is 44.5 Å². The summed E-state index contributed by atoms with van der Waals surface area (Å²) in [5.74, 6) is 0.972. The van der Waals surface area contributed by atoms with E-state index in [0.717, 1.165) is 35.8 Å². The quantitative estimate of drug-likeness (QED) is 0.876. The molecule has 0 fully saturated rings. The third-order valence-electron chi connectivity index (χ3n) is 4.23. The van der Waals surface area contributed by atoms with Gasteiger partial charge in [0.15, 0.2) is 0 Å². The lowest BCUT2D eigenvalue weighted by Gasteiger charge is -2.34. The van der Waals surface area contributed by atoms with Crippen LogP contribution in [0.1, 0.15) is 38.3 Å². The predicted octanol–water partition coefficient (Wildman–Crippen LogP) is 3.35. The molecule has 0 amide bonds. The monoisotopic (exact) mass is 297 g/mol. The standard InChI is InChI=1S/C16H24ClNO2/c1-4-16(3,20-5-2)14(18)10-12-9-13(17)8-11-6-7-19-15(11)12/h8-9,14H,4-7,10,18H2,1-3H3. The molecule has 2 atom stereocenters. The van der Waals surface area contributed by atoms with Crippen molar-refractivity contribution in [1.29, 1.82) is 0 Å². The Morgan fingerprint density at radius 1 is 1.45 bits per heavy atom. The molecule has 2 rings (SSSR count). The average molecular weight is 298 g/mol. The molecule has 0 aliphatic carbocycles. The summed E-state index contributed by atoms with van der Waals surface area (Å²) in [5.41, 5.74) is 8.37. The molecule has 112 valence electrons. The van der Waals surface area contributed by atoms with Gasteiger partial charge in [-0.25, -0.2) is 0 Å². The van der Waals surface area contributed by atoms with E-state index in [0.29, 0.717) is 13.0 Å². The van der Waals surface area contributed by atoms with Crippen LogP contribution in [0.15, 0.2) is 12.1 Å². The van der Waals surface area contributed by atoms with E-state index in [1.54, 1.807) is 0 Å². The maximum Gasteiger partial charge on any atom is 0.125 e. The first-order valence-corrected chi connectivity index (χ1v) is 7.71. The maximum absolute atomic E-state index is 6.40. The number of nitrogens with two attached hydrogens (primary N) is 1. The molecular weight excluding hydrogens is 274 g/mol. The molecular formula is C16H24ClNO2. The molecule has 1 aliphatic heterocycles. The van der Waals surface area contributed by atoms with Crippen LogP contribution in [0, 0.1) is 0 Å². The molecule has 1 aromatic rings. The summed E-state index contributed by atoms with van der Waals surface area (Å²) < 4.78 is 11.6. The Balaban J connectivity index is 2.21. The van der Waals surface area contributed by atoms with E-state index in [-0.39, 0.29) is 11.6 Å². The molecule has 2 unspecified atom stereocenters. The van der Waals surface area contributed by atoms with Gasteiger partial charge in [-0.3, -0.25) is 0 Å². The van der Waals surface area contributed by atoms with Crippen LogP contribution >= 0.6 is 11.6 Å². The van der Waals surface area contributed by atoms with Crippen molar-refractivity contribution in [3.8, 4) is 5.75 Å². The normalized spacial score (nSPS) is 18.2. The van der Waals surface area contributed by atoms with Crippen molar-refractivity contribution in [2.24, 2.45) is 5.73 Å². The van der Waals surface area contributed by atoms with Crippen LogP contribution in [0.25, 0.3) is 0 Å². The van der Waals surface area contributed by atoms with Gasteiger partial charge in [0.2, 0.25) is 0 Å². The minimum atomic E-state index is -0.317. The Hall–Kier alpha value is -0.770. The van der Waals surface area contributed by atoms with Gasteiger partial charge < -0.3 is 15.2 Å². The van der Waals surface area contributed by atoms with Crippen molar-refractivity contribution in [3.05, 3.63) is 28.3 Å². The maximum atomic E-state index is 6.40. The lowest BCUT2D eigenvalue weighted by Crippen LogP contribution is -2.48. The second kappa shape index (κ2) is 6.33. The molecule has 0 saturated heterocycles. The van der Waals surface area contributed by atoms with Gasteiger partial charge in [-0.05, 0) is 49.9 Å². The molecule has 1 heterocycles. The van der Waals surface area contributed by atoms with E-state index in [1.807, 2.05) is 19.1 Å². The second-order valence-electron chi connectivity index (χ2n) is 5.56. The van der Waals surface area contributed by atoms with E-state index < -0.39 is 0 Å². The lowest BCUT2D eigenvalue weighted by molar-refractivity contribution is -0.0462. The fourth-order valence-corrected chi connectivity index (χ4v) is 3.01. The molecule has 1 aliphatic rings. The first-order valence-electron chi connectivity index (χ1n) is 7.33. The van der Waals surface area contributed by atoms with Gasteiger partial charge in [0, 0.05) is 24.1 Å². The zero-order chi connectivity index (χ0) is 14.8. The highest BCUT2D eigenvalue weighted by Crippen LogP contribution is 2.34. The van der Waals surface area contributed by atoms with Gasteiger partial charge in [0.1, 0.15) is 5.75 Å². The van der Waals surface area contributed by atoms with Crippen molar-refractivity contribution in [2.45, 2.75) is 51.7 Å². The summed E-state index contributed by atoms with van der Waals surface area (Å²) in [4.78, 5) is 0. The predicted molar refractivity (Wildman–Crippen MR) is 82.7 cm³/mol. The molecule has 0 radical (unpaired) electrons. The minimum absolute atomic E-state index is 0.0841. The Morgan fingerprint density at radius 3 is 2.85 bits per heavy atom. The van der Waals surface area contributed by atoms with Crippen LogP contribution in [0.2, 0.25) is 5.02 Å². The highest BCUT2D eigenvalue weighted by Gasteiger charge is 2.32. The van der Waals surface area contributed by atoms with E-state index in [2.05, 4.69) is 13.8 Å². The minimum Gasteiger partial charge on any atom is -0.493 e. The van der Waals surface area contributed by atoms with Gasteiger partial charge in [-0.2, -0.15) is 0 Å². The molecule has 0 aromatic heterocycles. The molecule has 0 saturated carbocycles. The Kier molecular flexibility index (Phi) is 4.95. The summed E-state index contributed by atoms with van der Waals surface area (Å²) in [5, 5.41) is 0.756. The fourth-order valence-electron chi connectivity index (χ4n) is 2.75. The first-order chi connectivity index (χ1) is 9.50. The number of halogens is 1. The summed E-state index contributed by atoms with van der Waals surface area (Å²) >= 11 is 6.19. The number of hydrogen-bond acceptors (Lipinski definition) is 3. The molecule has 4 heteroatoms. The van der Waals surface area contributed by atoms with Crippen molar-refractivity contribution in [2.75, 3.05) is 13.2 Å². The van der Waals surface area contributed by atoms with Crippen LogP contribution in [0.4, 0.5) is 0 Å². The number of benzene rings is 1. The van der Waals surface area contributed by atoms with Crippen LogP contribution in [-0.4, -0.2) is 24.9 Å². The Bertz CT molecular complexity index is 478. The Morgan fingerprint density at radius 2 is 2.20 bits per heavy atom. The van der Waals surface area contributed by atoms with E-state index in [1.165, 1.54) is 5.56 Å². The van der Waals surface area contributed by atoms with Crippen molar-refractivity contribution >= 4 is 11.6 Å². The second-order valence-corrected chi connectivity index (χ2v) is 6.00. The van der Waals surface area contributed by atoms with E-state index >= 15 is 0 Å². The summed E-state index contributed by atoms with van der Waals surface area (Å²) in [6.45, 7) is 7.58. The summed E-state index contributed by atoms with van der Waals surface area (Å²) in [6, 6.07) is 3.87.